The molecule has 102 valence electrons. The summed E-state index contributed by atoms with van der Waals surface area (Å²) in [5, 5.41) is 2.68. The molecule has 19 heavy (non-hydrogen) atoms. The third-order valence-corrected chi connectivity index (χ3v) is 2.90. The number of hydrogen-bond acceptors (Lipinski definition) is 2. The van der Waals surface area contributed by atoms with Gasteiger partial charge < -0.3 is 10.1 Å². The molecule has 0 spiro atoms. The minimum Gasteiger partial charge on any atom is -0.435 e. The highest BCUT2D eigenvalue weighted by Crippen LogP contribution is 2.22. The summed E-state index contributed by atoms with van der Waals surface area (Å²) in [5.41, 5.74) is 0.463. The third-order valence-electron chi connectivity index (χ3n) is 2.90. The van der Waals surface area contributed by atoms with Crippen molar-refractivity contribution < 1.29 is 18.3 Å². The van der Waals surface area contributed by atoms with Crippen LogP contribution in [0.1, 0.15) is 19.3 Å². The van der Waals surface area contributed by atoms with E-state index in [1.54, 1.807) is 12.1 Å². The summed E-state index contributed by atoms with van der Waals surface area (Å²) in [4.78, 5) is 11.8. The second kappa shape index (κ2) is 6.31. The van der Waals surface area contributed by atoms with E-state index in [9.17, 15) is 13.6 Å². The van der Waals surface area contributed by atoms with Crippen LogP contribution in [0.25, 0.3) is 0 Å². The molecule has 3 nitrogen and oxygen atoms in total. The Bertz CT molecular complexity index is 474. The lowest BCUT2D eigenvalue weighted by molar-refractivity contribution is -0.116. The van der Waals surface area contributed by atoms with E-state index >= 15 is 0 Å². The number of anilines is 1. The van der Waals surface area contributed by atoms with E-state index < -0.39 is 6.61 Å². The zero-order valence-corrected chi connectivity index (χ0v) is 10.3. The summed E-state index contributed by atoms with van der Waals surface area (Å²) in [5.74, 6) is 0.194. The molecule has 0 aromatic heterocycles. The number of carbonyl (C=O) groups is 1. The van der Waals surface area contributed by atoms with Crippen molar-refractivity contribution in [2.45, 2.75) is 25.9 Å². The van der Waals surface area contributed by atoms with E-state index in [1.165, 1.54) is 12.1 Å². The molecule has 1 aliphatic carbocycles. The topological polar surface area (TPSA) is 38.3 Å². The van der Waals surface area contributed by atoms with Crippen molar-refractivity contribution in [2.24, 2.45) is 5.92 Å². The fraction of sp³-hybridized carbons (Fsp3) is 0.357. The third kappa shape index (κ3) is 4.35. The summed E-state index contributed by atoms with van der Waals surface area (Å²) in [7, 11) is 0. The molecular weight excluding hydrogens is 252 g/mol. The van der Waals surface area contributed by atoms with E-state index in [4.69, 9.17) is 0 Å². The Balaban J connectivity index is 1.90. The monoisotopic (exact) mass is 267 g/mol. The molecule has 1 atom stereocenters. The van der Waals surface area contributed by atoms with E-state index in [0.29, 0.717) is 12.1 Å². The predicted molar refractivity (Wildman–Crippen MR) is 68.2 cm³/mol. The van der Waals surface area contributed by atoms with Gasteiger partial charge in [0, 0.05) is 18.2 Å². The van der Waals surface area contributed by atoms with Crippen LogP contribution in [0.5, 0.6) is 5.75 Å². The highest BCUT2D eigenvalue weighted by molar-refractivity contribution is 5.91. The van der Waals surface area contributed by atoms with Gasteiger partial charge in [-0.05, 0) is 30.9 Å². The van der Waals surface area contributed by atoms with Crippen LogP contribution in [-0.4, -0.2) is 12.5 Å². The van der Waals surface area contributed by atoms with Crippen LogP contribution in [0.2, 0.25) is 0 Å². The summed E-state index contributed by atoms with van der Waals surface area (Å²) in [6.07, 6.45) is 6.51. The van der Waals surface area contributed by atoms with Gasteiger partial charge >= 0.3 is 6.61 Å². The van der Waals surface area contributed by atoms with Gasteiger partial charge in [0.15, 0.2) is 0 Å². The van der Waals surface area contributed by atoms with Crippen molar-refractivity contribution >= 4 is 11.6 Å². The number of ether oxygens (including phenoxy) is 1. The number of carbonyl (C=O) groups excluding carboxylic acids is 1. The average molecular weight is 267 g/mol. The maximum absolute atomic E-state index is 12.1. The minimum absolute atomic E-state index is 0.0357. The Morgan fingerprint density at radius 1 is 1.47 bits per heavy atom. The van der Waals surface area contributed by atoms with Crippen LogP contribution in [-0.2, 0) is 4.79 Å². The maximum atomic E-state index is 12.1. The van der Waals surface area contributed by atoms with E-state index in [-0.39, 0.29) is 17.6 Å². The Kier molecular flexibility index (Phi) is 4.49. The number of allylic oxidation sites excluding steroid dienone is 2. The summed E-state index contributed by atoms with van der Waals surface area (Å²) >= 11 is 0. The lowest BCUT2D eigenvalue weighted by atomic mass is 10.1. The van der Waals surface area contributed by atoms with E-state index in [2.05, 4.69) is 16.1 Å². The molecule has 0 aliphatic heterocycles. The van der Waals surface area contributed by atoms with E-state index in [0.717, 1.165) is 12.8 Å². The molecule has 0 fully saturated rings. The van der Waals surface area contributed by atoms with Gasteiger partial charge in [-0.1, -0.05) is 18.2 Å². The molecule has 1 aromatic carbocycles. The van der Waals surface area contributed by atoms with Gasteiger partial charge in [-0.15, -0.1) is 0 Å². The number of benzene rings is 1. The average Bonchev–Trinajstić information content (AvgIpc) is 2.81. The molecule has 0 saturated heterocycles. The van der Waals surface area contributed by atoms with Crippen LogP contribution in [0.3, 0.4) is 0 Å². The molecule has 0 bridgehead atoms. The first kappa shape index (κ1) is 13.5. The molecule has 0 saturated carbocycles. The number of halogens is 2. The lowest BCUT2D eigenvalue weighted by Crippen LogP contribution is -2.14. The molecule has 1 aliphatic rings. The largest absolute Gasteiger partial charge is 0.435 e. The number of rotatable bonds is 5. The van der Waals surface area contributed by atoms with Crippen molar-refractivity contribution in [3.05, 3.63) is 36.4 Å². The summed E-state index contributed by atoms with van der Waals surface area (Å²) in [6, 6.07) is 6.00. The normalized spacial score (nSPS) is 17.7. The molecule has 0 radical (unpaired) electrons. The Labute approximate surface area is 110 Å². The fourth-order valence-corrected chi connectivity index (χ4v) is 2.07. The Morgan fingerprint density at radius 3 is 3.00 bits per heavy atom. The van der Waals surface area contributed by atoms with Crippen molar-refractivity contribution in [3.63, 3.8) is 0 Å². The van der Waals surface area contributed by atoms with Gasteiger partial charge in [0.2, 0.25) is 5.91 Å². The molecule has 1 aromatic rings. The smallest absolute Gasteiger partial charge is 0.387 e. The van der Waals surface area contributed by atoms with Crippen LogP contribution in [0.4, 0.5) is 14.5 Å². The quantitative estimate of drug-likeness (QED) is 0.828. The number of hydrogen-bond donors (Lipinski definition) is 1. The number of nitrogens with one attached hydrogen (secondary N) is 1. The highest BCUT2D eigenvalue weighted by atomic mass is 19.3. The summed E-state index contributed by atoms with van der Waals surface area (Å²) < 4.78 is 28.4. The van der Waals surface area contributed by atoms with Crippen LogP contribution in [0, 0.1) is 5.92 Å². The van der Waals surface area contributed by atoms with Gasteiger partial charge in [-0.3, -0.25) is 4.79 Å². The Morgan fingerprint density at radius 2 is 2.32 bits per heavy atom. The second-order valence-electron chi connectivity index (χ2n) is 4.42. The first-order valence-corrected chi connectivity index (χ1v) is 6.15. The zero-order chi connectivity index (χ0) is 13.7. The van der Waals surface area contributed by atoms with Crippen LogP contribution < -0.4 is 10.1 Å². The predicted octanol–water partition coefficient (Wildman–Crippen LogP) is 3.58. The zero-order valence-electron chi connectivity index (χ0n) is 10.3. The lowest BCUT2D eigenvalue weighted by Gasteiger charge is -2.10. The van der Waals surface area contributed by atoms with Gasteiger partial charge in [0.1, 0.15) is 5.75 Å². The maximum Gasteiger partial charge on any atom is 0.387 e. The molecular formula is C14H15F2NO2. The van der Waals surface area contributed by atoms with Crippen molar-refractivity contribution in [3.8, 4) is 5.75 Å². The molecule has 1 unspecified atom stereocenters. The second-order valence-corrected chi connectivity index (χ2v) is 4.42. The van der Waals surface area contributed by atoms with Crippen LogP contribution in [0.15, 0.2) is 36.4 Å². The van der Waals surface area contributed by atoms with Gasteiger partial charge in [0.05, 0.1) is 0 Å². The van der Waals surface area contributed by atoms with E-state index in [1.807, 2.05) is 6.08 Å². The first-order valence-electron chi connectivity index (χ1n) is 6.15. The first-order chi connectivity index (χ1) is 9.13. The fourth-order valence-electron chi connectivity index (χ4n) is 2.07. The summed E-state index contributed by atoms with van der Waals surface area (Å²) in [6.45, 7) is -2.87. The van der Waals surface area contributed by atoms with Crippen molar-refractivity contribution in [2.75, 3.05) is 5.32 Å². The molecule has 1 amide bonds. The van der Waals surface area contributed by atoms with Gasteiger partial charge in [-0.25, -0.2) is 0 Å². The standard InChI is InChI=1S/C14H15F2NO2/c15-14(16)19-12-7-3-6-11(9-12)17-13(18)8-10-4-1-2-5-10/h1,3-4,6-7,9-10,14H,2,5,8H2,(H,17,18). The molecule has 5 heteroatoms. The van der Waals surface area contributed by atoms with Gasteiger partial charge in [0.25, 0.3) is 0 Å². The molecule has 1 N–H and O–H groups in total. The minimum atomic E-state index is -2.87. The van der Waals surface area contributed by atoms with Crippen molar-refractivity contribution in [1.29, 1.82) is 0 Å². The number of amides is 1. The Hall–Kier alpha value is -1.91. The van der Waals surface area contributed by atoms with Crippen molar-refractivity contribution in [1.82, 2.24) is 0 Å². The van der Waals surface area contributed by atoms with Gasteiger partial charge in [-0.2, -0.15) is 8.78 Å². The molecule has 2 rings (SSSR count). The highest BCUT2D eigenvalue weighted by Gasteiger charge is 2.14. The molecule has 0 heterocycles. The SMILES string of the molecule is O=C(CC1C=CCC1)Nc1cccc(OC(F)F)c1. The number of alkyl halides is 2. The van der Waals surface area contributed by atoms with Crippen LogP contribution >= 0.6 is 0 Å².